The molecule has 26 heavy (non-hydrogen) atoms. The van der Waals surface area contributed by atoms with Crippen molar-refractivity contribution in [2.24, 2.45) is 0 Å². The number of hydrogen-bond donors (Lipinski definition) is 1. The summed E-state index contributed by atoms with van der Waals surface area (Å²) >= 11 is 0. The van der Waals surface area contributed by atoms with E-state index < -0.39 is 23.4 Å². The Labute approximate surface area is 152 Å². The number of piperazine rings is 1. The molecule has 1 fully saturated rings. The molecule has 0 unspecified atom stereocenters. The number of nitrogens with one attached hydrogen (secondary N) is 1. The first-order valence-corrected chi connectivity index (χ1v) is 8.55. The lowest BCUT2D eigenvalue weighted by molar-refractivity contribution is -0.138. The van der Waals surface area contributed by atoms with Crippen molar-refractivity contribution < 1.29 is 22.7 Å². The van der Waals surface area contributed by atoms with Crippen LogP contribution in [0.2, 0.25) is 0 Å². The molecular weight excluding hydrogens is 347 g/mol. The molecule has 2 rings (SSSR count). The topological polar surface area (TPSA) is 44.8 Å². The van der Waals surface area contributed by atoms with Crippen molar-refractivity contribution in [2.45, 2.75) is 39.1 Å². The minimum Gasteiger partial charge on any atom is -0.444 e. The summed E-state index contributed by atoms with van der Waals surface area (Å²) in [7, 11) is 2.00. The predicted molar refractivity (Wildman–Crippen MR) is 94.1 cm³/mol. The quantitative estimate of drug-likeness (QED) is 0.875. The van der Waals surface area contributed by atoms with Crippen LogP contribution in [0, 0.1) is 0 Å². The molecule has 1 heterocycles. The summed E-state index contributed by atoms with van der Waals surface area (Å²) in [6, 6.07) is 3.87. The standard InChI is InChI=1S/C18H26F3N3O2/c1-17(2,3)26-16(25)22-14-6-5-13(15(11-14)18(19,20)21)12-24-9-7-23(4)8-10-24/h5-6,11H,7-10,12H2,1-4H3,(H,22,25). The van der Waals surface area contributed by atoms with Crippen molar-refractivity contribution in [3.63, 3.8) is 0 Å². The zero-order valence-electron chi connectivity index (χ0n) is 15.6. The normalized spacial score (nSPS) is 17.2. The molecule has 5 nitrogen and oxygen atoms in total. The second kappa shape index (κ2) is 7.84. The third-order valence-corrected chi connectivity index (χ3v) is 4.05. The highest BCUT2D eigenvalue weighted by Gasteiger charge is 2.34. The van der Waals surface area contributed by atoms with E-state index in [1.165, 1.54) is 12.1 Å². The largest absolute Gasteiger partial charge is 0.444 e. The summed E-state index contributed by atoms with van der Waals surface area (Å²) in [5.41, 5.74) is -1.19. The summed E-state index contributed by atoms with van der Waals surface area (Å²) < 4.78 is 45.5. The van der Waals surface area contributed by atoms with Crippen LogP contribution >= 0.6 is 0 Å². The van der Waals surface area contributed by atoms with Crippen molar-refractivity contribution >= 4 is 11.8 Å². The van der Waals surface area contributed by atoms with Crippen LogP contribution in [-0.2, 0) is 17.5 Å². The number of ether oxygens (including phenoxy) is 1. The molecular formula is C18H26F3N3O2. The van der Waals surface area contributed by atoms with E-state index in [-0.39, 0.29) is 17.8 Å². The van der Waals surface area contributed by atoms with Gasteiger partial charge in [0.1, 0.15) is 5.60 Å². The number of benzene rings is 1. The number of alkyl halides is 3. The number of rotatable bonds is 3. The van der Waals surface area contributed by atoms with Gasteiger partial charge in [0, 0.05) is 38.4 Å². The van der Waals surface area contributed by atoms with Crippen LogP contribution in [0.4, 0.5) is 23.7 Å². The van der Waals surface area contributed by atoms with Gasteiger partial charge in [0.15, 0.2) is 0 Å². The molecule has 0 spiro atoms. The molecule has 0 aromatic heterocycles. The third kappa shape index (κ3) is 6.17. The lowest BCUT2D eigenvalue weighted by Crippen LogP contribution is -2.44. The number of nitrogens with zero attached hydrogens (tertiary/aromatic N) is 2. The number of amides is 1. The monoisotopic (exact) mass is 373 g/mol. The van der Waals surface area contributed by atoms with Crippen LogP contribution in [0.1, 0.15) is 31.9 Å². The van der Waals surface area contributed by atoms with Gasteiger partial charge in [-0.3, -0.25) is 10.2 Å². The van der Waals surface area contributed by atoms with E-state index in [4.69, 9.17) is 4.74 Å². The summed E-state index contributed by atoms with van der Waals surface area (Å²) in [6.45, 7) is 8.42. The number of hydrogen-bond acceptors (Lipinski definition) is 4. The van der Waals surface area contributed by atoms with E-state index in [1.807, 2.05) is 11.9 Å². The highest BCUT2D eigenvalue weighted by molar-refractivity contribution is 5.85. The first-order valence-electron chi connectivity index (χ1n) is 8.55. The van der Waals surface area contributed by atoms with Gasteiger partial charge in [0.05, 0.1) is 5.56 Å². The summed E-state index contributed by atoms with van der Waals surface area (Å²) in [4.78, 5) is 15.9. The average Bonchev–Trinajstić information content (AvgIpc) is 2.48. The van der Waals surface area contributed by atoms with Gasteiger partial charge in [-0.05, 0) is 45.5 Å². The Morgan fingerprint density at radius 2 is 1.77 bits per heavy atom. The third-order valence-electron chi connectivity index (χ3n) is 4.05. The molecule has 0 radical (unpaired) electrons. The minimum atomic E-state index is -4.49. The molecule has 146 valence electrons. The SMILES string of the molecule is CN1CCN(Cc2ccc(NC(=O)OC(C)(C)C)cc2C(F)(F)F)CC1. The van der Waals surface area contributed by atoms with Crippen molar-refractivity contribution in [1.82, 2.24) is 9.80 Å². The Bertz CT molecular complexity index is 634. The predicted octanol–water partition coefficient (Wildman–Crippen LogP) is 3.80. The van der Waals surface area contributed by atoms with Crippen molar-refractivity contribution in [1.29, 1.82) is 0 Å². The lowest BCUT2D eigenvalue weighted by Gasteiger charge is -2.33. The number of anilines is 1. The summed E-state index contributed by atoms with van der Waals surface area (Å²) in [5, 5.41) is 2.37. The van der Waals surface area contributed by atoms with Crippen LogP contribution in [-0.4, -0.2) is 54.7 Å². The zero-order chi connectivity index (χ0) is 19.5. The Balaban J connectivity index is 2.15. The molecule has 1 amide bonds. The average molecular weight is 373 g/mol. The molecule has 0 bridgehead atoms. The van der Waals surface area contributed by atoms with Gasteiger partial charge in [0.25, 0.3) is 0 Å². The molecule has 0 saturated carbocycles. The number of halogens is 3. The highest BCUT2D eigenvalue weighted by atomic mass is 19.4. The van der Waals surface area contributed by atoms with Gasteiger partial charge in [-0.1, -0.05) is 6.07 Å². The van der Waals surface area contributed by atoms with E-state index in [0.29, 0.717) is 0 Å². The molecule has 1 saturated heterocycles. The molecule has 8 heteroatoms. The Morgan fingerprint density at radius 3 is 2.31 bits per heavy atom. The first-order chi connectivity index (χ1) is 11.9. The molecule has 1 N–H and O–H groups in total. The lowest BCUT2D eigenvalue weighted by atomic mass is 10.0. The van der Waals surface area contributed by atoms with Gasteiger partial charge >= 0.3 is 12.3 Å². The van der Waals surface area contributed by atoms with Gasteiger partial charge < -0.3 is 9.64 Å². The minimum absolute atomic E-state index is 0.0636. The van der Waals surface area contributed by atoms with Crippen LogP contribution in [0.5, 0.6) is 0 Å². The van der Waals surface area contributed by atoms with Gasteiger partial charge in [0.2, 0.25) is 0 Å². The molecule has 1 aromatic carbocycles. The van der Waals surface area contributed by atoms with E-state index in [9.17, 15) is 18.0 Å². The maximum Gasteiger partial charge on any atom is 0.416 e. The maximum atomic E-state index is 13.5. The number of carbonyl (C=O) groups excluding carboxylic acids is 1. The Kier molecular flexibility index (Phi) is 6.18. The van der Waals surface area contributed by atoms with Crippen molar-refractivity contribution in [3.8, 4) is 0 Å². The van der Waals surface area contributed by atoms with Gasteiger partial charge in [-0.25, -0.2) is 4.79 Å². The molecule has 1 aliphatic rings. The van der Waals surface area contributed by atoms with E-state index in [1.54, 1.807) is 20.8 Å². The second-order valence-electron chi connectivity index (χ2n) is 7.58. The molecule has 0 aliphatic carbocycles. The number of carbonyl (C=O) groups is 1. The number of likely N-dealkylation sites (N-methyl/N-ethyl adjacent to an activating group) is 1. The Morgan fingerprint density at radius 1 is 1.15 bits per heavy atom. The van der Waals surface area contributed by atoms with Crippen LogP contribution in [0.3, 0.4) is 0 Å². The smallest absolute Gasteiger partial charge is 0.416 e. The van der Waals surface area contributed by atoms with Gasteiger partial charge in [-0.15, -0.1) is 0 Å². The fraction of sp³-hybridized carbons (Fsp3) is 0.611. The van der Waals surface area contributed by atoms with E-state index in [2.05, 4.69) is 10.2 Å². The van der Waals surface area contributed by atoms with Crippen molar-refractivity contribution in [2.75, 3.05) is 38.5 Å². The van der Waals surface area contributed by atoms with Crippen LogP contribution in [0.25, 0.3) is 0 Å². The molecule has 1 aliphatic heterocycles. The van der Waals surface area contributed by atoms with E-state index in [0.717, 1.165) is 32.2 Å². The Hall–Kier alpha value is -1.80. The molecule has 1 aromatic rings. The fourth-order valence-corrected chi connectivity index (χ4v) is 2.72. The second-order valence-corrected chi connectivity index (χ2v) is 7.58. The van der Waals surface area contributed by atoms with Crippen molar-refractivity contribution in [3.05, 3.63) is 29.3 Å². The van der Waals surface area contributed by atoms with Crippen LogP contribution in [0.15, 0.2) is 18.2 Å². The van der Waals surface area contributed by atoms with E-state index >= 15 is 0 Å². The molecule has 0 atom stereocenters. The van der Waals surface area contributed by atoms with Gasteiger partial charge in [-0.2, -0.15) is 13.2 Å². The summed E-state index contributed by atoms with van der Waals surface area (Å²) in [5.74, 6) is 0. The highest BCUT2D eigenvalue weighted by Crippen LogP contribution is 2.34. The van der Waals surface area contributed by atoms with Crippen LogP contribution < -0.4 is 5.32 Å². The maximum absolute atomic E-state index is 13.5. The fourth-order valence-electron chi connectivity index (χ4n) is 2.72. The first kappa shape index (κ1) is 20.5. The summed E-state index contributed by atoms with van der Waals surface area (Å²) in [6.07, 6.45) is -5.27. The zero-order valence-corrected chi connectivity index (χ0v) is 15.6.